The van der Waals surface area contributed by atoms with Crippen LogP contribution in [-0.2, 0) is 9.59 Å². The summed E-state index contributed by atoms with van der Waals surface area (Å²) in [6.45, 7) is 1.84. The number of halogens is 1. The highest BCUT2D eigenvalue weighted by molar-refractivity contribution is 5.85. The minimum atomic E-state index is -0.00114. The third-order valence-corrected chi connectivity index (χ3v) is 5.51. The molecule has 3 rings (SSSR count). The van der Waals surface area contributed by atoms with Gasteiger partial charge in [0.1, 0.15) is 0 Å². The van der Waals surface area contributed by atoms with Crippen molar-refractivity contribution in [1.82, 2.24) is 10.2 Å². The van der Waals surface area contributed by atoms with Gasteiger partial charge in [0.2, 0.25) is 11.8 Å². The molecular weight excluding hydrogens is 302 g/mol. The van der Waals surface area contributed by atoms with Crippen molar-refractivity contribution in [1.29, 1.82) is 0 Å². The van der Waals surface area contributed by atoms with Crippen LogP contribution < -0.4 is 11.1 Å². The Kier molecular flexibility index (Phi) is 6.09. The molecule has 0 aromatic heterocycles. The van der Waals surface area contributed by atoms with E-state index in [2.05, 4.69) is 10.2 Å². The molecule has 0 aromatic carbocycles. The Hall–Kier alpha value is -0.810. The zero-order valence-corrected chi connectivity index (χ0v) is 13.9. The maximum absolute atomic E-state index is 12.7. The summed E-state index contributed by atoms with van der Waals surface area (Å²) in [5.41, 5.74) is 5.39. The second-order valence-electron chi connectivity index (χ2n) is 6.81. The third kappa shape index (κ3) is 3.57. The second kappa shape index (κ2) is 7.64. The minimum absolute atomic E-state index is 0. The lowest BCUT2D eigenvalue weighted by atomic mass is 10.00. The Morgan fingerprint density at radius 1 is 1.09 bits per heavy atom. The van der Waals surface area contributed by atoms with E-state index in [0.29, 0.717) is 43.2 Å². The number of nitrogens with two attached hydrogens (primary N) is 1. The number of fused-ring (bicyclic) bond motifs is 1. The molecule has 22 heavy (non-hydrogen) atoms. The molecule has 1 aliphatic heterocycles. The van der Waals surface area contributed by atoms with Crippen LogP contribution in [0.15, 0.2) is 0 Å². The number of likely N-dealkylation sites (tertiary alicyclic amines) is 1. The quantitative estimate of drug-likeness (QED) is 0.798. The first-order valence-corrected chi connectivity index (χ1v) is 8.49. The van der Waals surface area contributed by atoms with Gasteiger partial charge in [0.15, 0.2) is 0 Å². The normalized spacial score (nSPS) is 32.9. The highest BCUT2D eigenvalue weighted by atomic mass is 35.5. The summed E-state index contributed by atoms with van der Waals surface area (Å²) >= 11 is 0. The lowest BCUT2D eigenvalue weighted by Gasteiger charge is -2.36. The number of nitrogens with one attached hydrogen (secondary N) is 1. The van der Waals surface area contributed by atoms with E-state index < -0.39 is 0 Å². The number of carbonyl (C=O) groups is 2. The van der Waals surface area contributed by atoms with E-state index in [1.165, 1.54) is 19.3 Å². The second-order valence-corrected chi connectivity index (χ2v) is 6.81. The van der Waals surface area contributed by atoms with E-state index in [9.17, 15) is 9.59 Å². The lowest BCUT2D eigenvalue weighted by Crippen LogP contribution is -2.50. The molecule has 0 spiro atoms. The smallest absolute Gasteiger partial charge is 0.226 e. The Morgan fingerprint density at radius 3 is 2.50 bits per heavy atom. The molecular formula is C16H28ClN3O2. The molecule has 126 valence electrons. The maximum Gasteiger partial charge on any atom is 0.226 e. The molecule has 3 aliphatic rings. The van der Waals surface area contributed by atoms with Gasteiger partial charge in [-0.1, -0.05) is 6.42 Å². The summed E-state index contributed by atoms with van der Waals surface area (Å²) in [4.78, 5) is 26.4. The predicted octanol–water partition coefficient (Wildman–Crippen LogP) is 1.30. The zero-order valence-electron chi connectivity index (χ0n) is 13.1. The average Bonchev–Trinajstić information content (AvgIpc) is 2.97. The van der Waals surface area contributed by atoms with Crippen LogP contribution in [0.3, 0.4) is 0 Å². The summed E-state index contributed by atoms with van der Waals surface area (Å²) < 4.78 is 0. The summed E-state index contributed by atoms with van der Waals surface area (Å²) in [5.74, 6) is 2.01. The number of rotatable bonds is 5. The maximum atomic E-state index is 12.7. The summed E-state index contributed by atoms with van der Waals surface area (Å²) in [5, 5.41) is 2.94. The molecule has 1 saturated heterocycles. The Balaban J connectivity index is 0.00000176. The average molecular weight is 330 g/mol. The highest BCUT2D eigenvalue weighted by Gasteiger charge is 2.57. The third-order valence-electron chi connectivity index (χ3n) is 5.51. The van der Waals surface area contributed by atoms with Crippen molar-refractivity contribution in [2.45, 2.75) is 51.0 Å². The molecule has 1 heterocycles. The highest BCUT2D eigenvalue weighted by Crippen LogP contribution is 2.58. The van der Waals surface area contributed by atoms with Gasteiger partial charge >= 0.3 is 0 Å². The SMILES string of the molecule is Cl.NCCC(=O)NCC1CCCCN1C(=O)C1C2CCCC21. The number of hydrogen-bond acceptors (Lipinski definition) is 3. The minimum Gasteiger partial charge on any atom is -0.354 e. The molecule has 2 saturated carbocycles. The zero-order chi connectivity index (χ0) is 14.8. The Morgan fingerprint density at radius 2 is 1.82 bits per heavy atom. The summed E-state index contributed by atoms with van der Waals surface area (Å²) in [7, 11) is 0. The van der Waals surface area contributed by atoms with Crippen LogP contribution in [0.5, 0.6) is 0 Å². The van der Waals surface area contributed by atoms with Crippen molar-refractivity contribution in [2.24, 2.45) is 23.5 Å². The van der Waals surface area contributed by atoms with Crippen molar-refractivity contribution in [3.8, 4) is 0 Å². The van der Waals surface area contributed by atoms with Gasteiger partial charge in [-0.2, -0.15) is 0 Å². The van der Waals surface area contributed by atoms with Crippen molar-refractivity contribution >= 4 is 24.2 Å². The molecule has 5 nitrogen and oxygen atoms in total. The van der Waals surface area contributed by atoms with E-state index >= 15 is 0 Å². The summed E-state index contributed by atoms with van der Waals surface area (Å²) in [6.07, 6.45) is 7.42. The van der Waals surface area contributed by atoms with E-state index in [4.69, 9.17) is 5.73 Å². The van der Waals surface area contributed by atoms with Gasteiger partial charge in [0.05, 0.1) is 0 Å². The number of carbonyl (C=O) groups excluding carboxylic acids is 2. The molecule has 0 aromatic rings. The van der Waals surface area contributed by atoms with Gasteiger partial charge in [-0.05, 0) is 43.9 Å². The predicted molar refractivity (Wildman–Crippen MR) is 87.6 cm³/mol. The molecule has 2 amide bonds. The van der Waals surface area contributed by atoms with Gasteiger partial charge in [-0.3, -0.25) is 9.59 Å². The number of hydrogen-bond donors (Lipinski definition) is 2. The van der Waals surface area contributed by atoms with E-state index in [1.54, 1.807) is 0 Å². The van der Waals surface area contributed by atoms with Crippen molar-refractivity contribution in [2.75, 3.05) is 19.6 Å². The first kappa shape index (κ1) is 17.5. The molecule has 0 radical (unpaired) electrons. The van der Waals surface area contributed by atoms with Gasteiger partial charge < -0.3 is 16.0 Å². The standard InChI is InChI=1S/C16H27N3O2.ClH/c17-8-7-14(20)18-10-11-4-1-2-9-19(11)16(21)15-12-5-3-6-13(12)15;/h11-13,15H,1-10,17H2,(H,18,20);1H. The number of piperidine rings is 1. The van der Waals surface area contributed by atoms with Gasteiger partial charge in [0.25, 0.3) is 0 Å². The molecule has 0 bridgehead atoms. The first-order valence-electron chi connectivity index (χ1n) is 8.49. The molecule has 3 atom stereocenters. The van der Waals surface area contributed by atoms with E-state index in [-0.39, 0.29) is 24.4 Å². The largest absolute Gasteiger partial charge is 0.354 e. The fourth-order valence-corrected chi connectivity index (χ4v) is 4.33. The van der Waals surface area contributed by atoms with Crippen molar-refractivity contribution < 1.29 is 9.59 Å². The topological polar surface area (TPSA) is 75.4 Å². The molecule has 3 N–H and O–H groups in total. The van der Waals surface area contributed by atoms with Crippen molar-refractivity contribution in [3.05, 3.63) is 0 Å². The van der Waals surface area contributed by atoms with Gasteiger partial charge in [-0.15, -0.1) is 12.4 Å². The van der Waals surface area contributed by atoms with Crippen molar-refractivity contribution in [3.63, 3.8) is 0 Å². The molecule has 6 heteroatoms. The lowest BCUT2D eigenvalue weighted by molar-refractivity contribution is -0.137. The van der Waals surface area contributed by atoms with Crippen LogP contribution in [0, 0.1) is 17.8 Å². The molecule has 3 fully saturated rings. The van der Waals surface area contributed by atoms with E-state index in [1.807, 2.05) is 0 Å². The van der Waals surface area contributed by atoms with Crippen LogP contribution in [-0.4, -0.2) is 42.4 Å². The van der Waals surface area contributed by atoms with Gasteiger partial charge in [0, 0.05) is 38.0 Å². The molecule has 2 aliphatic carbocycles. The van der Waals surface area contributed by atoms with Gasteiger partial charge in [-0.25, -0.2) is 0 Å². The van der Waals surface area contributed by atoms with Crippen LogP contribution in [0.2, 0.25) is 0 Å². The summed E-state index contributed by atoms with van der Waals surface area (Å²) in [6, 6.07) is 0.189. The number of nitrogens with zero attached hydrogens (tertiary/aromatic N) is 1. The molecule has 3 unspecified atom stereocenters. The van der Waals surface area contributed by atoms with Crippen LogP contribution in [0.4, 0.5) is 0 Å². The Bertz CT molecular complexity index is 408. The monoisotopic (exact) mass is 329 g/mol. The Labute approximate surface area is 138 Å². The first-order chi connectivity index (χ1) is 10.2. The van der Waals surface area contributed by atoms with Crippen LogP contribution >= 0.6 is 12.4 Å². The fraction of sp³-hybridized carbons (Fsp3) is 0.875. The van der Waals surface area contributed by atoms with Crippen LogP contribution in [0.1, 0.15) is 44.9 Å². The van der Waals surface area contributed by atoms with Crippen LogP contribution in [0.25, 0.3) is 0 Å². The number of amides is 2. The fourth-order valence-electron chi connectivity index (χ4n) is 4.33. The van der Waals surface area contributed by atoms with E-state index in [0.717, 1.165) is 25.8 Å².